The molecule has 2 N–H and O–H groups in total. The van der Waals surface area contributed by atoms with Crippen LogP contribution in [0.5, 0.6) is 0 Å². The van der Waals surface area contributed by atoms with Crippen molar-refractivity contribution in [1.29, 1.82) is 0 Å². The molecule has 5 heteroatoms. The zero-order valence-corrected chi connectivity index (χ0v) is 12.2. The maximum absolute atomic E-state index is 11.8. The SMILES string of the molecule is Cc1cccc(C)c1Nc1cnc(C(=O)NC2CC2)cn1. The second kappa shape index (κ2) is 5.52. The molecule has 1 aliphatic rings. The van der Waals surface area contributed by atoms with Gasteiger partial charge in [0.1, 0.15) is 11.5 Å². The van der Waals surface area contributed by atoms with Crippen LogP contribution in [-0.2, 0) is 0 Å². The number of anilines is 2. The maximum atomic E-state index is 11.8. The van der Waals surface area contributed by atoms with E-state index in [2.05, 4.69) is 20.6 Å². The van der Waals surface area contributed by atoms with Crippen molar-refractivity contribution in [3.63, 3.8) is 0 Å². The summed E-state index contributed by atoms with van der Waals surface area (Å²) in [7, 11) is 0. The number of hydrogen-bond acceptors (Lipinski definition) is 4. The monoisotopic (exact) mass is 282 g/mol. The van der Waals surface area contributed by atoms with Gasteiger partial charge in [-0.25, -0.2) is 9.97 Å². The van der Waals surface area contributed by atoms with Crippen LogP contribution in [0.25, 0.3) is 0 Å². The second-order valence-electron chi connectivity index (χ2n) is 5.43. The number of aromatic nitrogens is 2. The Labute approximate surface area is 123 Å². The van der Waals surface area contributed by atoms with Crippen LogP contribution < -0.4 is 10.6 Å². The van der Waals surface area contributed by atoms with Gasteiger partial charge in [-0.1, -0.05) is 18.2 Å². The van der Waals surface area contributed by atoms with E-state index in [9.17, 15) is 4.79 Å². The molecule has 0 bridgehead atoms. The number of benzene rings is 1. The summed E-state index contributed by atoms with van der Waals surface area (Å²) in [5, 5.41) is 6.15. The Morgan fingerprint density at radius 1 is 1.14 bits per heavy atom. The molecule has 21 heavy (non-hydrogen) atoms. The predicted molar refractivity (Wildman–Crippen MR) is 81.7 cm³/mol. The summed E-state index contributed by atoms with van der Waals surface area (Å²) in [4.78, 5) is 20.3. The summed E-state index contributed by atoms with van der Waals surface area (Å²) in [6.07, 6.45) is 5.22. The van der Waals surface area contributed by atoms with Crippen molar-refractivity contribution < 1.29 is 4.79 Å². The number of carbonyl (C=O) groups excluding carboxylic acids is 1. The van der Waals surface area contributed by atoms with Crippen LogP contribution in [0.4, 0.5) is 11.5 Å². The molecule has 2 aromatic rings. The van der Waals surface area contributed by atoms with E-state index in [4.69, 9.17) is 0 Å². The number of hydrogen-bond donors (Lipinski definition) is 2. The first-order valence-corrected chi connectivity index (χ1v) is 7.09. The summed E-state index contributed by atoms with van der Waals surface area (Å²) in [6, 6.07) is 6.43. The summed E-state index contributed by atoms with van der Waals surface area (Å²) in [5.74, 6) is 0.485. The van der Waals surface area contributed by atoms with Crippen LogP contribution >= 0.6 is 0 Å². The largest absolute Gasteiger partial charge is 0.348 e. The number of carbonyl (C=O) groups is 1. The van der Waals surface area contributed by atoms with Crippen molar-refractivity contribution in [3.8, 4) is 0 Å². The van der Waals surface area contributed by atoms with Gasteiger partial charge in [0.15, 0.2) is 0 Å². The van der Waals surface area contributed by atoms with Crippen LogP contribution in [0.3, 0.4) is 0 Å². The third-order valence-electron chi connectivity index (χ3n) is 3.53. The van der Waals surface area contributed by atoms with Crippen molar-refractivity contribution in [1.82, 2.24) is 15.3 Å². The third kappa shape index (κ3) is 3.18. The van der Waals surface area contributed by atoms with E-state index in [1.807, 2.05) is 32.0 Å². The van der Waals surface area contributed by atoms with Crippen LogP contribution in [-0.4, -0.2) is 21.9 Å². The number of amides is 1. The van der Waals surface area contributed by atoms with Crippen LogP contribution in [0.2, 0.25) is 0 Å². The van der Waals surface area contributed by atoms with Gasteiger partial charge in [-0.15, -0.1) is 0 Å². The van der Waals surface area contributed by atoms with Crippen LogP contribution in [0.15, 0.2) is 30.6 Å². The Bertz CT molecular complexity index is 642. The highest BCUT2D eigenvalue weighted by atomic mass is 16.2. The zero-order chi connectivity index (χ0) is 14.8. The minimum Gasteiger partial charge on any atom is -0.348 e. The van der Waals surface area contributed by atoms with Crippen molar-refractivity contribution in [2.24, 2.45) is 0 Å². The molecule has 1 saturated carbocycles. The Hall–Kier alpha value is -2.43. The summed E-state index contributed by atoms with van der Waals surface area (Å²) < 4.78 is 0. The van der Waals surface area contributed by atoms with Crippen LogP contribution in [0, 0.1) is 13.8 Å². The van der Waals surface area contributed by atoms with Crippen molar-refractivity contribution in [2.75, 3.05) is 5.32 Å². The summed E-state index contributed by atoms with van der Waals surface area (Å²) in [6.45, 7) is 4.08. The van der Waals surface area contributed by atoms with Crippen molar-refractivity contribution in [3.05, 3.63) is 47.4 Å². The first-order chi connectivity index (χ1) is 10.1. The quantitative estimate of drug-likeness (QED) is 0.905. The van der Waals surface area contributed by atoms with E-state index in [1.165, 1.54) is 6.20 Å². The normalized spacial score (nSPS) is 13.8. The van der Waals surface area contributed by atoms with Gasteiger partial charge in [0.2, 0.25) is 0 Å². The lowest BCUT2D eigenvalue weighted by Crippen LogP contribution is -2.26. The fraction of sp³-hybridized carbons (Fsp3) is 0.312. The maximum Gasteiger partial charge on any atom is 0.271 e. The van der Waals surface area contributed by atoms with Gasteiger partial charge >= 0.3 is 0 Å². The fourth-order valence-electron chi connectivity index (χ4n) is 2.14. The molecule has 1 aliphatic carbocycles. The van der Waals surface area contributed by atoms with Crippen molar-refractivity contribution in [2.45, 2.75) is 32.7 Å². The molecule has 0 spiro atoms. The lowest BCUT2D eigenvalue weighted by Gasteiger charge is -2.11. The van der Waals surface area contributed by atoms with E-state index < -0.39 is 0 Å². The van der Waals surface area contributed by atoms with E-state index in [1.54, 1.807) is 6.20 Å². The molecule has 0 aliphatic heterocycles. The molecule has 1 heterocycles. The van der Waals surface area contributed by atoms with Gasteiger partial charge in [-0.3, -0.25) is 4.79 Å². The molecular formula is C16H18N4O. The molecule has 0 radical (unpaired) electrons. The number of rotatable bonds is 4. The Kier molecular flexibility index (Phi) is 3.56. The van der Waals surface area contributed by atoms with Gasteiger partial charge in [0.05, 0.1) is 12.4 Å². The average Bonchev–Trinajstić information content (AvgIpc) is 3.28. The number of para-hydroxylation sites is 1. The molecule has 0 atom stereocenters. The topological polar surface area (TPSA) is 66.9 Å². The highest BCUT2D eigenvalue weighted by Gasteiger charge is 2.24. The van der Waals surface area contributed by atoms with Gasteiger partial charge in [-0.2, -0.15) is 0 Å². The van der Waals surface area contributed by atoms with Gasteiger partial charge in [0.25, 0.3) is 5.91 Å². The molecule has 1 aromatic carbocycles. The molecule has 3 rings (SSSR count). The highest BCUT2D eigenvalue weighted by Crippen LogP contribution is 2.23. The van der Waals surface area contributed by atoms with Gasteiger partial charge < -0.3 is 10.6 Å². The number of aryl methyl sites for hydroxylation is 2. The molecule has 1 fully saturated rings. The highest BCUT2D eigenvalue weighted by molar-refractivity contribution is 5.92. The third-order valence-corrected chi connectivity index (χ3v) is 3.53. The minimum atomic E-state index is -0.149. The molecule has 5 nitrogen and oxygen atoms in total. The zero-order valence-electron chi connectivity index (χ0n) is 12.2. The van der Waals surface area contributed by atoms with Gasteiger partial charge in [0, 0.05) is 11.7 Å². The van der Waals surface area contributed by atoms with E-state index in [-0.39, 0.29) is 5.91 Å². The van der Waals surface area contributed by atoms with Crippen molar-refractivity contribution >= 4 is 17.4 Å². The lowest BCUT2D eigenvalue weighted by molar-refractivity contribution is 0.0945. The Balaban J connectivity index is 1.73. The van der Waals surface area contributed by atoms with E-state index in [0.29, 0.717) is 17.6 Å². The predicted octanol–water partition coefficient (Wildman–Crippen LogP) is 2.73. The minimum absolute atomic E-state index is 0.149. The first-order valence-electron chi connectivity index (χ1n) is 7.09. The lowest BCUT2D eigenvalue weighted by atomic mass is 10.1. The molecule has 0 saturated heterocycles. The average molecular weight is 282 g/mol. The summed E-state index contributed by atoms with van der Waals surface area (Å²) in [5.41, 5.74) is 3.68. The number of nitrogens with zero attached hydrogens (tertiary/aromatic N) is 2. The van der Waals surface area contributed by atoms with E-state index in [0.717, 1.165) is 29.7 Å². The summed E-state index contributed by atoms with van der Waals surface area (Å²) >= 11 is 0. The number of nitrogens with one attached hydrogen (secondary N) is 2. The molecule has 1 amide bonds. The molecule has 108 valence electrons. The van der Waals surface area contributed by atoms with Crippen LogP contribution in [0.1, 0.15) is 34.5 Å². The molecule has 1 aromatic heterocycles. The molecule has 0 unspecified atom stereocenters. The molecular weight excluding hydrogens is 264 g/mol. The first kappa shape index (κ1) is 13.5. The standard InChI is InChI=1S/C16H18N4O/c1-10-4-3-5-11(2)15(10)20-14-9-17-13(8-18-14)16(21)19-12-6-7-12/h3-5,8-9,12H,6-7H2,1-2H3,(H,18,20)(H,19,21). The Morgan fingerprint density at radius 3 is 2.43 bits per heavy atom. The Morgan fingerprint density at radius 2 is 1.86 bits per heavy atom. The van der Waals surface area contributed by atoms with Gasteiger partial charge in [-0.05, 0) is 37.8 Å². The fourth-order valence-corrected chi connectivity index (χ4v) is 2.14. The second-order valence-corrected chi connectivity index (χ2v) is 5.43. The smallest absolute Gasteiger partial charge is 0.271 e. The van der Waals surface area contributed by atoms with E-state index >= 15 is 0 Å².